The summed E-state index contributed by atoms with van der Waals surface area (Å²) in [5.74, 6) is -1.88. The van der Waals surface area contributed by atoms with Gasteiger partial charge in [-0.1, -0.05) is 18.2 Å². The lowest BCUT2D eigenvalue weighted by Crippen LogP contribution is -2.49. The fourth-order valence-corrected chi connectivity index (χ4v) is 2.11. The van der Waals surface area contributed by atoms with Gasteiger partial charge in [0.15, 0.2) is 5.60 Å². The standard InChI is InChI=1S/C14H18N2O4/c1-14(20,13(18)19)8-16-12(17)10-6-9-4-2-3-5-11(9)15-7-10/h2-5,10,15,20H,6-8H2,1H3,(H,16,17)(H,18,19). The molecule has 6 heteroatoms. The van der Waals surface area contributed by atoms with Crippen molar-refractivity contribution in [2.45, 2.75) is 18.9 Å². The summed E-state index contributed by atoms with van der Waals surface area (Å²) in [5.41, 5.74) is 0.133. The normalized spacial score (nSPS) is 20.2. The van der Waals surface area contributed by atoms with E-state index >= 15 is 0 Å². The third-order valence-corrected chi connectivity index (χ3v) is 3.46. The topological polar surface area (TPSA) is 98.7 Å². The van der Waals surface area contributed by atoms with Gasteiger partial charge in [-0.15, -0.1) is 0 Å². The predicted octanol–water partition coefficient (Wildman–Crippen LogP) is 0.223. The van der Waals surface area contributed by atoms with Crippen molar-refractivity contribution in [3.63, 3.8) is 0 Å². The van der Waals surface area contributed by atoms with Crippen molar-refractivity contribution in [3.8, 4) is 0 Å². The highest BCUT2D eigenvalue weighted by Crippen LogP contribution is 2.24. The highest BCUT2D eigenvalue weighted by Gasteiger charge is 2.32. The number of anilines is 1. The van der Waals surface area contributed by atoms with Crippen LogP contribution in [-0.2, 0) is 16.0 Å². The van der Waals surface area contributed by atoms with Crippen LogP contribution in [0, 0.1) is 5.92 Å². The lowest BCUT2D eigenvalue weighted by atomic mass is 9.93. The van der Waals surface area contributed by atoms with E-state index in [4.69, 9.17) is 5.11 Å². The van der Waals surface area contributed by atoms with Gasteiger partial charge >= 0.3 is 5.97 Å². The van der Waals surface area contributed by atoms with Crippen LogP contribution in [0.15, 0.2) is 24.3 Å². The third kappa shape index (κ3) is 3.08. The summed E-state index contributed by atoms with van der Waals surface area (Å²) in [4.78, 5) is 22.8. The van der Waals surface area contributed by atoms with Gasteiger partial charge in [0.05, 0.1) is 12.5 Å². The quantitative estimate of drug-likeness (QED) is 0.631. The summed E-state index contributed by atoms with van der Waals surface area (Å²) < 4.78 is 0. The van der Waals surface area contributed by atoms with Crippen LogP contribution in [0.25, 0.3) is 0 Å². The van der Waals surface area contributed by atoms with E-state index in [1.54, 1.807) is 0 Å². The summed E-state index contributed by atoms with van der Waals surface area (Å²) in [6, 6.07) is 7.75. The van der Waals surface area contributed by atoms with Crippen LogP contribution in [0.1, 0.15) is 12.5 Å². The van der Waals surface area contributed by atoms with E-state index in [2.05, 4.69) is 10.6 Å². The Kier molecular flexibility index (Phi) is 3.94. The van der Waals surface area contributed by atoms with Gasteiger partial charge < -0.3 is 20.8 Å². The molecule has 0 aliphatic carbocycles. The Balaban J connectivity index is 1.94. The van der Waals surface area contributed by atoms with Crippen molar-refractivity contribution in [2.75, 3.05) is 18.4 Å². The highest BCUT2D eigenvalue weighted by atomic mass is 16.4. The van der Waals surface area contributed by atoms with Gasteiger partial charge in [-0.3, -0.25) is 4.79 Å². The summed E-state index contributed by atoms with van der Waals surface area (Å²) in [6.07, 6.45) is 0.601. The Labute approximate surface area is 116 Å². The fraction of sp³-hybridized carbons (Fsp3) is 0.429. The van der Waals surface area contributed by atoms with E-state index in [1.807, 2.05) is 24.3 Å². The minimum atomic E-state index is -1.95. The molecule has 4 N–H and O–H groups in total. The maximum Gasteiger partial charge on any atom is 0.337 e. The van der Waals surface area contributed by atoms with Crippen LogP contribution in [0.4, 0.5) is 5.69 Å². The SMILES string of the molecule is CC(O)(CNC(=O)C1CNc2ccccc2C1)C(=O)O. The molecule has 108 valence electrons. The zero-order chi connectivity index (χ0) is 14.8. The molecule has 0 aromatic heterocycles. The largest absolute Gasteiger partial charge is 0.479 e. The minimum Gasteiger partial charge on any atom is -0.479 e. The summed E-state index contributed by atoms with van der Waals surface area (Å²) in [7, 11) is 0. The molecule has 2 atom stereocenters. The van der Waals surface area contributed by atoms with Crippen LogP contribution in [-0.4, -0.2) is 40.8 Å². The second kappa shape index (κ2) is 5.50. The van der Waals surface area contributed by atoms with Gasteiger partial charge in [0.1, 0.15) is 0 Å². The first-order valence-electron chi connectivity index (χ1n) is 6.45. The van der Waals surface area contributed by atoms with Gasteiger partial charge in [0, 0.05) is 12.2 Å². The molecule has 1 heterocycles. The highest BCUT2D eigenvalue weighted by molar-refractivity contribution is 5.82. The van der Waals surface area contributed by atoms with Gasteiger partial charge in [0.25, 0.3) is 0 Å². The molecule has 0 bridgehead atoms. The lowest BCUT2D eigenvalue weighted by molar-refractivity contribution is -0.156. The third-order valence-electron chi connectivity index (χ3n) is 3.46. The van der Waals surface area contributed by atoms with Crippen molar-refractivity contribution >= 4 is 17.6 Å². The molecule has 0 saturated carbocycles. The molecule has 0 fully saturated rings. The van der Waals surface area contributed by atoms with E-state index in [0.717, 1.165) is 18.2 Å². The number of hydrogen-bond acceptors (Lipinski definition) is 4. The lowest BCUT2D eigenvalue weighted by Gasteiger charge is -2.26. The average molecular weight is 278 g/mol. The Bertz CT molecular complexity index is 528. The van der Waals surface area contributed by atoms with Gasteiger partial charge in [0.2, 0.25) is 5.91 Å². The number of aliphatic hydroxyl groups is 1. The van der Waals surface area contributed by atoms with Crippen molar-refractivity contribution in [2.24, 2.45) is 5.92 Å². The maximum atomic E-state index is 12.0. The molecule has 1 aromatic rings. The first-order chi connectivity index (χ1) is 9.40. The van der Waals surface area contributed by atoms with Gasteiger partial charge in [-0.2, -0.15) is 0 Å². The molecule has 2 unspecified atom stereocenters. The zero-order valence-electron chi connectivity index (χ0n) is 11.2. The molecule has 0 spiro atoms. The number of benzene rings is 1. The summed E-state index contributed by atoms with van der Waals surface area (Å²) in [6.45, 7) is 1.35. The van der Waals surface area contributed by atoms with E-state index in [-0.39, 0.29) is 18.4 Å². The molecule has 1 aromatic carbocycles. The van der Waals surface area contributed by atoms with Crippen molar-refractivity contribution in [1.29, 1.82) is 0 Å². The Hall–Kier alpha value is -2.08. The number of carboxylic acid groups (broad SMARTS) is 1. The molecule has 0 radical (unpaired) electrons. The van der Waals surface area contributed by atoms with Crippen LogP contribution >= 0.6 is 0 Å². The molecular formula is C14H18N2O4. The summed E-state index contributed by atoms with van der Waals surface area (Å²) in [5, 5.41) is 24.0. The van der Waals surface area contributed by atoms with Crippen molar-refractivity contribution < 1.29 is 19.8 Å². The van der Waals surface area contributed by atoms with Crippen LogP contribution in [0.3, 0.4) is 0 Å². The molecule has 0 saturated heterocycles. The number of carboxylic acids is 1. The number of amides is 1. The number of para-hydroxylation sites is 1. The van der Waals surface area contributed by atoms with Crippen molar-refractivity contribution in [3.05, 3.63) is 29.8 Å². The zero-order valence-corrected chi connectivity index (χ0v) is 11.2. The molecular weight excluding hydrogens is 260 g/mol. The van der Waals surface area contributed by atoms with E-state index in [0.29, 0.717) is 13.0 Å². The van der Waals surface area contributed by atoms with Crippen molar-refractivity contribution in [1.82, 2.24) is 5.32 Å². The van der Waals surface area contributed by atoms with E-state index < -0.39 is 11.6 Å². The second-order valence-electron chi connectivity index (χ2n) is 5.24. The first-order valence-corrected chi connectivity index (χ1v) is 6.45. The number of hydrogen-bond donors (Lipinski definition) is 4. The van der Waals surface area contributed by atoms with Gasteiger partial charge in [-0.05, 0) is 25.0 Å². The maximum absolute atomic E-state index is 12.0. The number of fused-ring (bicyclic) bond motifs is 1. The first kappa shape index (κ1) is 14.3. The number of nitrogens with one attached hydrogen (secondary N) is 2. The fourth-order valence-electron chi connectivity index (χ4n) is 2.11. The number of carbonyl (C=O) groups excluding carboxylic acids is 1. The molecule has 1 amide bonds. The van der Waals surface area contributed by atoms with E-state index in [9.17, 15) is 14.7 Å². The van der Waals surface area contributed by atoms with Gasteiger partial charge in [-0.25, -0.2) is 4.79 Å². The van der Waals surface area contributed by atoms with Crippen LogP contribution in [0.2, 0.25) is 0 Å². The molecule has 1 aliphatic heterocycles. The molecule has 6 nitrogen and oxygen atoms in total. The number of rotatable bonds is 4. The van der Waals surface area contributed by atoms with E-state index in [1.165, 1.54) is 0 Å². The van der Waals surface area contributed by atoms with Crippen LogP contribution in [0.5, 0.6) is 0 Å². The molecule has 1 aliphatic rings. The minimum absolute atomic E-state index is 0.256. The monoisotopic (exact) mass is 278 g/mol. The Morgan fingerprint density at radius 3 is 2.85 bits per heavy atom. The molecule has 20 heavy (non-hydrogen) atoms. The average Bonchev–Trinajstić information content (AvgIpc) is 2.44. The predicted molar refractivity (Wildman–Crippen MR) is 73.4 cm³/mol. The smallest absolute Gasteiger partial charge is 0.337 e. The number of carbonyl (C=O) groups is 2. The van der Waals surface area contributed by atoms with Crippen LogP contribution < -0.4 is 10.6 Å². The Morgan fingerprint density at radius 1 is 1.45 bits per heavy atom. The second-order valence-corrected chi connectivity index (χ2v) is 5.24. The molecule has 2 rings (SSSR count). The Morgan fingerprint density at radius 2 is 2.15 bits per heavy atom. The summed E-state index contributed by atoms with van der Waals surface area (Å²) >= 11 is 0. The number of aliphatic carboxylic acids is 1.